The molecule has 3 heterocycles. The van der Waals surface area contributed by atoms with Gasteiger partial charge >= 0.3 is 6.09 Å². The zero-order valence-corrected chi connectivity index (χ0v) is 18.1. The molecule has 0 atom stereocenters. The third-order valence-corrected chi connectivity index (χ3v) is 4.85. The van der Waals surface area contributed by atoms with E-state index >= 15 is 0 Å². The number of fused-ring (bicyclic) bond motifs is 1. The van der Waals surface area contributed by atoms with Crippen LogP contribution in [0.2, 0.25) is 0 Å². The van der Waals surface area contributed by atoms with Gasteiger partial charge in [0.25, 0.3) is 0 Å². The molecule has 27 heavy (non-hydrogen) atoms. The van der Waals surface area contributed by atoms with Crippen molar-refractivity contribution in [2.75, 3.05) is 13.1 Å². The fourth-order valence-electron chi connectivity index (χ4n) is 3.09. The zero-order chi connectivity index (χ0) is 19.8. The Balaban J connectivity index is 1.69. The number of carbonyl (C=O) groups excluding carboxylic acids is 1. The second kappa shape index (κ2) is 7.66. The molecule has 0 radical (unpaired) electrons. The number of aromatic nitrogens is 3. The molecule has 0 spiro atoms. The maximum absolute atomic E-state index is 12.2. The molecule has 2 aromatic heterocycles. The number of piperidine rings is 1. The minimum atomic E-state index is -0.468. The molecule has 1 aliphatic heterocycles. The van der Waals surface area contributed by atoms with Crippen LogP contribution in [0.4, 0.5) is 4.79 Å². The average Bonchev–Trinajstić information content (AvgIpc) is 2.96. The Morgan fingerprint density at radius 3 is 2.48 bits per heavy atom. The molecule has 148 valence electrons. The molecule has 0 bridgehead atoms. The number of hydrogen-bond donors (Lipinski definition) is 0. The molecular formula is C19H27BrN4O3. The Morgan fingerprint density at radius 2 is 1.89 bits per heavy atom. The van der Waals surface area contributed by atoms with Crippen molar-refractivity contribution in [3.8, 4) is 5.88 Å². The first-order chi connectivity index (χ1) is 12.6. The van der Waals surface area contributed by atoms with Crippen molar-refractivity contribution >= 4 is 27.8 Å². The summed E-state index contributed by atoms with van der Waals surface area (Å²) >= 11 is 3.50. The quantitative estimate of drug-likeness (QED) is 0.710. The number of imidazole rings is 1. The van der Waals surface area contributed by atoms with Gasteiger partial charge in [-0.25, -0.2) is 9.78 Å². The van der Waals surface area contributed by atoms with Crippen LogP contribution in [-0.2, 0) is 4.74 Å². The van der Waals surface area contributed by atoms with Crippen LogP contribution in [0.5, 0.6) is 5.88 Å². The minimum Gasteiger partial charge on any atom is -0.474 e. The van der Waals surface area contributed by atoms with E-state index in [1.165, 1.54) is 0 Å². The fourth-order valence-corrected chi connectivity index (χ4v) is 3.49. The molecule has 0 saturated carbocycles. The summed E-state index contributed by atoms with van der Waals surface area (Å²) in [4.78, 5) is 23.2. The van der Waals surface area contributed by atoms with Crippen molar-refractivity contribution in [3.63, 3.8) is 0 Å². The third-order valence-electron chi connectivity index (χ3n) is 4.30. The molecule has 0 N–H and O–H groups in total. The van der Waals surface area contributed by atoms with Crippen LogP contribution in [0, 0.1) is 0 Å². The number of rotatable bonds is 3. The van der Waals surface area contributed by atoms with Crippen LogP contribution >= 0.6 is 15.9 Å². The highest BCUT2D eigenvalue weighted by Gasteiger charge is 2.28. The normalized spacial score (nSPS) is 16.2. The van der Waals surface area contributed by atoms with Gasteiger partial charge in [0.2, 0.25) is 11.7 Å². The number of ether oxygens (including phenoxy) is 2. The van der Waals surface area contributed by atoms with Gasteiger partial charge in [0, 0.05) is 31.4 Å². The van der Waals surface area contributed by atoms with Gasteiger partial charge in [-0.1, -0.05) is 0 Å². The Labute approximate surface area is 168 Å². The maximum Gasteiger partial charge on any atom is 0.410 e. The van der Waals surface area contributed by atoms with E-state index in [2.05, 4.69) is 20.9 Å². The van der Waals surface area contributed by atoms with Gasteiger partial charge in [-0.2, -0.15) is 4.98 Å². The van der Waals surface area contributed by atoms with Gasteiger partial charge in [-0.05, 0) is 63.4 Å². The van der Waals surface area contributed by atoms with E-state index in [-0.39, 0.29) is 12.2 Å². The summed E-state index contributed by atoms with van der Waals surface area (Å²) in [5, 5.41) is 0. The summed E-state index contributed by atoms with van der Waals surface area (Å²) < 4.78 is 13.9. The number of likely N-dealkylation sites (tertiary alicyclic amines) is 1. The smallest absolute Gasteiger partial charge is 0.410 e. The van der Waals surface area contributed by atoms with E-state index in [4.69, 9.17) is 14.5 Å². The lowest BCUT2D eigenvalue weighted by Crippen LogP contribution is -2.41. The Morgan fingerprint density at radius 1 is 1.22 bits per heavy atom. The van der Waals surface area contributed by atoms with Crippen LogP contribution < -0.4 is 4.74 Å². The number of halogens is 1. The first-order valence-corrected chi connectivity index (χ1v) is 10.1. The summed E-state index contributed by atoms with van der Waals surface area (Å²) in [5.74, 6) is 1.48. The van der Waals surface area contributed by atoms with Crippen molar-refractivity contribution in [1.29, 1.82) is 0 Å². The van der Waals surface area contributed by atoms with E-state index in [1.807, 2.05) is 51.4 Å². The summed E-state index contributed by atoms with van der Waals surface area (Å²) in [6.07, 6.45) is 5.46. The largest absolute Gasteiger partial charge is 0.474 e. The molecule has 1 fully saturated rings. The molecule has 0 unspecified atom stereocenters. The zero-order valence-electron chi connectivity index (χ0n) is 16.5. The lowest BCUT2D eigenvalue weighted by atomic mass is 9.94. The number of hydrogen-bond acceptors (Lipinski definition) is 5. The molecule has 1 saturated heterocycles. The van der Waals surface area contributed by atoms with Crippen LogP contribution in [-0.4, -0.2) is 50.2 Å². The Hall–Kier alpha value is -1.83. The first-order valence-electron chi connectivity index (χ1n) is 9.32. The highest BCUT2D eigenvalue weighted by Crippen LogP contribution is 2.30. The molecule has 1 aliphatic rings. The Bertz CT molecular complexity index is 820. The van der Waals surface area contributed by atoms with Crippen LogP contribution in [0.1, 0.15) is 59.1 Å². The average molecular weight is 439 g/mol. The van der Waals surface area contributed by atoms with Crippen LogP contribution in [0.3, 0.4) is 0 Å². The van der Waals surface area contributed by atoms with E-state index in [0.717, 1.165) is 23.0 Å². The second-order valence-corrected chi connectivity index (χ2v) is 9.03. The highest BCUT2D eigenvalue weighted by atomic mass is 79.9. The van der Waals surface area contributed by atoms with Crippen molar-refractivity contribution < 1.29 is 14.3 Å². The fraction of sp³-hybridized carbons (Fsp3) is 0.632. The lowest BCUT2D eigenvalue weighted by Gasteiger charge is -2.32. The predicted molar refractivity (Wildman–Crippen MR) is 106 cm³/mol. The molecule has 0 aliphatic carbocycles. The summed E-state index contributed by atoms with van der Waals surface area (Å²) in [6, 6.07) is 0. The summed E-state index contributed by atoms with van der Waals surface area (Å²) in [6.45, 7) is 10.9. The van der Waals surface area contributed by atoms with E-state index in [9.17, 15) is 4.79 Å². The standard InChI is InChI=1S/C19H27BrN4O3/c1-12(2)26-16-14(20)10-24-11-15(21-17(24)22-16)13-6-8-23(9-7-13)18(25)27-19(3,4)5/h10-13H,6-9H2,1-5H3. The van der Waals surface area contributed by atoms with Crippen LogP contribution in [0.25, 0.3) is 5.78 Å². The van der Waals surface area contributed by atoms with Gasteiger partial charge in [0.1, 0.15) is 5.60 Å². The molecule has 7 nitrogen and oxygen atoms in total. The number of carbonyl (C=O) groups is 1. The van der Waals surface area contributed by atoms with Crippen molar-refractivity contribution in [1.82, 2.24) is 19.3 Å². The van der Waals surface area contributed by atoms with Gasteiger partial charge in [0.05, 0.1) is 16.3 Å². The minimum absolute atomic E-state index is 0.0443. The SMILES string of the molecule is CC(C)Oc1nc2nc(C3CCN(C(=O)OC(C)(C)C)CC3)cn2cc1Br. The maximum atomic E-state index is 12.2. The van der Waals surface area contributed by atoms with Crippen molar-refractivity contribution in [2.24, 2.45) is 0 Å². The topological polar surface area (TPSA) is 69.0 Å². The van der Waals surface area contributed by atoms with Gasteiger partial charge in [-0.15, -0.1) is 0 Å². The second-order valence-electron chi connectivity index (χ2n) is 8.18. The van der Waals surface area contributed by atoms with Gasteiger partial charge in [0.15, 0.2) is 0 Å². The summed E-state index contributed by atoms with van der Waals surface area (Å²) in [5.41, 5.74) is 0.532. The first kappa shape index (κ1) is 19.9. The monoisotopic (exact) mass is 438 g/mol. The number of nitrogens with zero attached hydrogens (tertiary/aromatic N) is 4. The van der Waals surface area contributed by atoms with Crippen molar-refractivity contribution in [2.45, 2.75) is 65.1 Å². The molecular weight excluding hydrogens is 412 g/mol. The van der Waals surface area contributed by atoms with Crippen LogP contribution in [0.15, 0.2) is 16.9 Å². The third kappa shape index (κ3) is 4.91. The Kier molecular flexibility index (Phi) is 5.65. The molecule has 0 aromatic carbocycles. The van der Waals surface area contributed by atoms with E-state index in [0.29, 0.717) is 30.7 Å². The molecule has 3 rings (SSSR count). The molecule has 8 heteroatoms. The van der Waals surface area contributed by atoms with E-state index < -0.39 is 5.60 Å². The summed E-state index contributed by atoms with van der Waals surface area (Å²) in [7, 11) is 0. The predicted octanol–water partition coefficient (Wildman–Crippen LogP) is 4.39. The molecule has 2 aromatic rings. The number of amides is 1. The molecule has 1 amide bonds. The highest BCUT2D eigenvalue weighted by molar-refractivity contribution is 9.10. The van der Waals surface area contributed by atoms with Gasteiger partial charge in [-0.3, -0.25) is 4.40 Å². The van der Waals surface area contributed by atoms with Crippen molar-refractivity contribution in [3.05, 3.63) is 22.6 Å². The van der Waals surface area contributed by atoms with E-state index in [1.54, 1.807) is 4.90 Å². The lowest BCUT2D eigenvalue weighted by molar-refractivity contribution is 0.0204. The van der Waals surface area contributed by atoms with Gasteiger partial charge < -0.3 is 14.4 Å².